The van der Waals surface area contributed by atoms with E-state index in [0.29, 0.717) is 11.8 Å². The predicted octanol–water partition coefficient (Wildman–Crippen LogP) is 4.84. The number of nitrogens with zero attached hydrogens (tertiary/aromatic N) is 2. The lowest BCUT2D eigenvalue weighted by atomic mass is 10.00. The van der Waals surface area contributed by atoms with Crippen molar-refractivity contribution in [2.45, 2.75) is 49.8 Å². The van der Waals surface area contributed by atoms with E-state index >= 15 is 0 Å². The third kappa shape index (κ3) is 3.04. The van der Waals surface area contributed by atoms with Gasteiger partial charge in [0.25, 0.3) is 0 Å². The number of hydrogen-bond donors (Lipinski definition) is 0. The molecule has 2 aromatic rings. The molecule has 0 bridgehead atoms. The highest BCUT2D eigenvalue weighted by molar-refractivity contribution is 6.22. The van der Waals surface area contributed by atoms with Crippen LogP contribution in [-0.4, -0.2) is 10.1 Å². The van der Waals surface area contributed by atoms with E-state index in [1.165, 1.54) is 25.7 Å². The van der Waals surface area contributed by atoms with Gasteiger partial charge in [-0.05, 0) is 18.4 Å². The van der Waals surface area contributed by atoms with Crippen LogP contribution in [0.4, 0.5) is 0 Å². The van der Waals surface area contributed by atoms with Crippen LogP contribution in [0.2, 0.25) is 0 Å². The van der Waals surface area contributed by atoms with E-state index in [9.17, 15) is 0 Å². The molecule has 0 radical (unpaired) electrons. The summed E-state index contributed by atoms with van der Waals surface area (Å²) in [6.07, 6.45) is 7.50. The van der Waals surface area contributed by atoms with Crippen LogP contribution < -0.4 is 0 Å². The molecule has 0 amide bonds. The second-order valence-electron chi connectivity index (χ2n) is 5.45. The Morgan fingerprint density at radius 3 is 2.45 bits per heavy atom. The first kappa shape index (κ1) is 13.6. The summed E-state index contributed by atoms with van der Waals surface area (Å²) in [7, 11) is 0. The third-order valence-corrected chi connectivity index (χ3v) is 4.43. The maximum Gasteiger partial charge on any atom is 0.249 e. The summed E-state index contributed by atoms with van der Waals surface area (Å²) in [5, 5.41) is 3.80. The van der Waals surface area contributed by atoms with Crippen molar-refractivity contribution in [3.05, 3.63) is 47.6 Å². The fraction of sp³-hybridized carbons (Fsp3) is 0.500. The third-order valence-electron chi connectivity index (χ3n) is 3.99. The van der Waals surface area contributed by atoms with Crippen molar-refractivity contribution in [2.75, 3.05) is 0 Å². The molecule has 0 spiro atoms. The first-order valence-corrected chi connectivity index (χ1v) is 7.81. The van der Waals surface area contributed by atoms with E-state index in [1.54, 1.807) is 0 Å². The normalized spacial score (nSPS) is 18.6. The van der Waals surface area contributed by atoms with Crippen molar-refractivity contribution in [2.24, 2.45) is 0 Å². The number of benzene rings is 1. The minimum absolute atomic E-state index is 0.358. The molecule has 0 aliphatic heterocycles. The highest BCUT2D eigenvalue weighted by atomic mass is 35.5. The summed E-state index contributed by atoms with van der Waals surface area (Å²) in [5.74, 6) is 1.79. The van der Waals surface area contributed by atoms with Crippen molar-refractivity contribution in [3.8, 4) is 0 Å². The topological polar surface area (TPSA) is 38.9 Å². The van der Waals surface area contributed by atoms with Crippen LogP contribution in [0.25, 0.3) is 0 Å². The maximum absolute atomic E-state index is 6.42. The van der Waals surface area contributed by atoms with Crippen molar-refractivity contribution in [3.63, 3.8) is 0 Å². The Balaban J connectivity index is 1.76. The first-order valence-electron chi connectivity index (χ1n) is 7.37. The molecule has 1 aromatic heterocycles. The summed E-state index contributed by atoms with van der Waals surface area (Å²) >= 11 is 6.42. The van der Waals surface area contributed by atoms with Gasteiger partial charge in [0.15, 0.2) is 5.82 Å². The van der Waals surface area contributed by atoms with Gasteiger partial charge in [0.2, 0.25) is 5.89 Å². The molecule has 0 N–H and O–H groups in total. The van der Waals surface area contributed by atoms with E-state index in [2.05, 4.69) is 10.1 Å². The van der Waals surface area contributed by atoms with Crippen molar-refractivity contribution >= 4 is 11.6 Å². The molecular formula is C16H19ClN2O. The van der Waals surface area contributed by atoms with Gasteiger partial charge in [0, 0.05) is 5.92 Å². The van der Waals surface area contributed by atoms with Gasteiger partial charge in [0.05, 0.1) is 0 Å². The van der Waals surface area contributed by atoms with Gasteiger partial charge in [0.1, 0.15) is 5.38 Å². The lowest BCUT2D eigenvalue weighted by molar-refractivity contribution is 0.370. The van der Waals surface area contributed by atoms with E-state index in [0.717, 1.165) is 24.2 Å². The van der Waals surface area contributed by atoms with Crippen LogP contribution in [0, 0.1) is 0 Å². The number of halogens is 1. The standard InChI is InChI=1S/C16H19ClN2O/c17-14(12-8-6-3-7-9-12)16-18-15(19-20-16)13-10-4-1-2-5-11-13/h3,6-9,13-14H,1-2,4-5,10-11H2. The lowest BCUT2D eigenvalue weighted by Gasteiger charge is -2.07. The Morgan fingerprint density at radius 1 is 1.05 bits per heavy atom. The van der Waals surface area contributed by atoms with Crippen LogP contribution in [-0.2, 0) is 0 Å². The molecule has 0 saturated heterocycles. The predicted molar refractivity (Wildman–Crippen MR) is 78.9 cm³/mol. The van der Waals surface area contributed by atoms with Crippen LogP contribution in [0.1, 0.15) is 67.1 Å². The molecule has 1 heterocycles. The molecule has 20 heavy (non-hydrogen) atoms. The maximum atomic E-state index is 6.42. The Hall–Kier alpha value is -1.35. The Kier molecular flexibility index (Phi) is 4.36. The number of hydrogen-bond acceptors (Lipinski definition) is 3. The fourth-order valence-electron chi connectivity index (χ4n) is 2.82. The Bertz CT molecular complexity index is 532. The highest BCUT2D eigenvalue weighted by Gasteiger charge is 2.23. The molecule has 4 heteroatoms. The van der Waals surface area contributed by atoms with Crippen LogP contribution in [0.3, 0.4) is 0 Å². The van der Waals surface area contributed by atoms with Gasteiger partial charge >= 0.3 is 0 Å². The summed E-state index contributed by atoms with van der Waals surface area (Å²) in [6, 6.07) is 9.86. The molecule has 1 aliphatic carbocycles. The molecule has 1 unspecified atom stereocenters. The zero-order chi connectivity index (χ0) is 13.8. The average Bonchev–Trinajstić information content (AvgIpc) is 2.83. The zero-order valence-electron chi connectivity index (χ0n) is 11.5. The summed E-state index contributed by atoms with van der Waals surface area (Å²) in [6.45, 7) is 0. The van der Waals surface area contributed by atoms with Crippen LogP contribution >= 0.6 is 11.6 Å². The smallest absolute Gasteiger partial charge is 0.249 e. The van der Waals surface area contributed by atoms with Crippen LogP contribution in [0.15, 0.2) is 34.9 Å². The highest BCUT2D eigenvalue weighted by Crippen LogP contribution is 2.32. The number of alkyl halides is 1. The van der Waals surface area contributed by atoms with Gasteiger partial charge in [-0.15, -0.1) is 11.6 Å². The molecule has 3 nitrogen and oxygen atoms in total. The Labute approximate surface area is 124 Å². The summed E-state index contributed by atoms with van der Waals surface area (Å²) in [4.78, 5) is 4.54. The summed E-state index contributed by atoms with van der Waals surface area (Å²) in [5.41, 5.74) is 0.991. The van der Waals surface area contributed by atoms with E-state index < -0.39 is 0 Å². The van der Waals surface area contributed by atoms with Gasteiger partial charge in [-0.3, -0.25) is 0 Å². The molecule has 3 rings (SSSR count). The SMILES string of the molecule is ClC(c1ccccc1)c1nc(C2CCCCCC2)no1. The van der Waals surface area contributed by atoms with Gasteiger partial charge in [-0.25, -0.2) is 0 Å². The number of rotatable bonds is 3. The molecule has 1 aliphatic rings. The second kappa shape index (κ2) is 6.40. The summed E-state index contributed by atoms with van der Waals surface area (Å²) < 4.78 is 5.38. The van der Waals surface area contributed by atoms with Crippen LogP contribution in [0.5, 0.6) is 0 Å². The molecule has 1 atom stereocenters. The van der Waals surface area contributed by atoms with Crippen molar-refractivity contribution in [1.82, 2.24) is 10.1 Å². The van der Waals surface area contributed by atoms with E-state index in [1.807, 2.05) is 30.3 Å². The molecule has 1 saturated carbocycles. The minimum atomic E-state index is -0.358. The monoisotopic (exact) mass is 290 g/mol. The van der Waals surface area contributed by atoms with Gasteiger partial charge in [-0.2, -0.15) is 4.98 Å². The zero-order valence-corrected chi connectivity index (χ0v) is 12.2. The lowest BCUT2D eigenvalue weighted by Crippen LogP contribution is -2.00. The molecular weight excluding hydrogens is 272 g/mol. The number of aromatic nitrogens is 2. The molecule has 106 valence electrons. The first-order chi connectivity index (χ1) is 9.84. The fourth-order valence-corrected chi connectivity index (χ4v) is 3.05. The molecule has 1 fully saturated rings. The Morgan fingerprint density at radius 2 is 1.75 bits per heavy atom. The molecule has 1 aromatic carbocycles. The minimum Gasteiger partial charge on any atom is -0.337 e. The quantitative estimate of drug-likeness (QED) is 0.600. The van der Waals surface area contributed by atoms with Crippen molar-refractivity contribution in [1.29, 1.82) is 0 Å². The second-order valence-corrected chi connectivity index (χ2v) is 5.89. The van der Waals surface area contributed by atoms with Crippen molar-refractivity contribution < 1.29 is 4.52 Å². The van der Waals surface area contributed by atoms with Gasteiger partial charge in [-0.1, -0.05) is 61.2 Å². The van der Waals surface area contributed by atoms with E-state index in [-0.39, 0.29) is 5.38 Å². The van der Waals surface area contributed by atoms with Gasteiger partial charge < -0.3 is 4.52 Å². The largest absolute Gasteiger partial charge is 0.337 e. The van der Waals surface area contributed by atoms with E-state index in [4.69, 9.17) is 16.1 Å². The average molecular weight is 291 g/mol.